The Morgan fingerprint density at radius 3 is 2.61 bits per heavy atom. The minimum atomic E-state index is -3.69. The van der Waals surface area contributed by atoms with Crippen LogP contribution >= 0.6 is 11.6 Å². The van der Waals surface area contributed by atoms with Crippen molar-refractivity contribution in [2.24, 2.45) is 4.99 Å². The first-order valence-electron chi connectivity index (χ1n) is 9.17. The lowest BCUT2D eigenvalue weighted by Crippen LogP contribution is -2.35. The van der Waals surface area contributed by atoms with E-state index in [-0.39, 0.29) is 0 Å². The number of hydrogen-bond acceptors (Lipinski definition) is 3. The molecule has 0 unspecified atom stereocenters. The molecule has 4 nitrogen and oxygen atoms in total. The van der Waals surface area contributed by atoms with E-state index in [2.05, 4.69) is 23.2 Å². The molecule has 28 heavy (non-hydrogen) atoms. The molecule has 0 amide bonds. The summed E-state index contributed by atoms with van der Waals surface area (Å²) in [4.78, 5) is 4.81. The van der Waals surface area contributed by atoms with Gasteiger partial charge in [-0.25, -0.2) is 8.42 Å². The molecule has 1 aliphatic rings. The molecule has 0 aromatic heterocycles. The normalized spacial score (nSPS) is 14.5. The Morgan fingerprint density at radius 2 is 1.79 bits per heavy atom. The predicted octanol–water partition coefficient (Wildman–Crippen LogP) is 4.76. The zero-order chi connectivity index (χ0) is 19.9. The van der Waals surface area contributed by atoms with Crippen molar-refractivity contribution in [2.75, 3.05) is 13.1 Å². The fourth-order valence-corrected chi connectivity index (χ4v) is 5.62. The van der Waals surface area contributed by atoms with E-state index in [1.54, 1.807) is 19.1 Å². The Balaban J connectivity index is 1.71. The molecule has 0 N–H and O–H groups in total. The molecule has 3 aromatic rings. The lowest BCUT2D eigenvalue weighted by Gasteiger charge is -2.22. The summed E-state index contributed by atoms with van der Waals surface area (Å²) in [6.45, 7) is 4.43. The molecular formula is C22H21ClN2O2S. The number of rotatable bonds is 4. The monoisotopic (exact) mass is 412 g/mol. The summed E-state index contributed by atoms with van der Waals surface area (Å²) in [7, 11) is -3.69. The van der Waals surface area contributed by atoms with E-state index in [4.69, 9.17) is 11.6 Å². The Bertz CT molecular complexity index is 1200. The molecule has 1 aliphatic heterocycles. The summed E-state index contributed by atoms with van der Waals surface area (Å²) in [5.41, 5.74) is 2.47. The number of aliphatic imine (C=N–C) groups is 1. The molecule has 144 valence electrons. The standard InChI is InChI=1S/C22H21ClN2O2S/c1-15-13-21(16(2)12-20(15)23)28(26,27)25-11-10-24-22(25)14-18-8-5-7-17-6-3-4-9-19(17)18/h3-9,12-13H,10-11,14H2,1-2H3. The van der Waals surface area contributed by atoms with Gasteiger partial charge in [-0.05, 0) is 53.4 Å². The molecule has 0 saturated carbocycles. The van der Waals surface area contributed by atoms with E-state index >= 15 is 0 Å². The lowest BCUT2D eigenvalue weighted by molar-refractivity contribution is 0.535. The zero-order valence-corrected chi connectivity index (χ0v) is 17.4. The Morgan fingerprint density at radius 1 is 1.04 bits per heavy atom. The van der Waals surface area contributed by atoms with Crippen molar-refractivity contribution < 1.29 is 8.42 Å². The maximum Gasteiger partial charge on any atom is 0.265 e. The molecule has 3 aromatic carbocycles. The second-order valence-corrected chi connectivity index (χ2v) is 9.29. The Hall–Kier alpha value is -2.37. The van der Waals surface area contributed by atoms with Crippen molar-refractivity contribution in [1.29, 1.82) is 0 Å². The number of fused-ring (bicyclic) bond motifs is 1. The summed E-state index contributed by atoms with van der Waals surface area (Å²) < 4.78 is 28.2. The van der Waals surface area contributed by atoms with Crippen LogP contribution in [0.3, 0.4) is 0 Å². The van der Waals surface area contributed by atoms with Gasteiger partial charge in [-0.1, -0.05) is 54.1 Å². The summed E-state index contributed by atoms with van der Waals surface area (Å²) in [6.07, 6.45) is 0.478. The molecule has 0 aliphatic carbocycles. The second kappa shape index (κ2) is 7.22. The van der Waals surface area contributed by atoms with E-state index in [1.165, 1.54) is 4.31 Å². The van der Waals surface area contributed by atoms with Crippen molar-refractivity contribution in [2.45, 2.75) is 25.2 Å². The number of halogens is 1. The van der Waals surface area contributed by atoms with Gasteiger partial charge in [-0.15, -0.1) is 0 Å². The van der Waals surface area contributed by atoms with E-state index in [0.29, 0.717) is 40.8 Å². The van der Waals surface area contributed by atoms with Gasteiger partial charge in [0, 0.05) is 11.4 Å². The summed E-state index contributed by atoms with van der Waals surface area (Å²) in [5.74, 6) is 0.586. The average molecular weight is 413 g/mol. The minimum absolute atomic E-state index is 0.293. The van der Waals surface area contributed by atoms with Gasteiger partial charge in [-0.2, -0.15) is 0 Å². The topological polar surface area (TPSA) is 49.7 Å². The van der Waals surface area contributed by atoms with Crippen LogP contribution in [0.25, 0.3) is 10.8 Å². The van der Waals surface area contributed by atoms with Crippen molar-refractivity contribution in [1.82, 2.24) is 4.31 Å². The highest BCUT2D eigenvalue weighted by Crippen LogP contribution is 2.28. The third kappa shape index (κ3) is 3.29. The quantitative estimate of drug-likeness (QED) is 0.620. The fraction of sp³-hybridized carbons (Fsp3) is 0.227. The van der Waals surface area contributed by atoms with Crippen molar-refractivity contribution in [3.63, 3.8) is 0 Å². The minimum Gasteiger partial charge on any atom is -0.269 e. The van der Waals surface area contributed by atoms with E-state index < -0.39 is 10.0 Å². The lowest BCUT2D eigenvalue weighted by atomic mass is 10.0. The van der Waals surface area contributed by atoms with Crippen LogP contribution < -0.4 is 0 Å². The largest absolute Gasteiger partial charge is 0.269 e. The molecule has 1 heterocycles. The molecule has 0 radical (unpaired) electrons. The molecule has 0 bridgehead atoms. The number of sulfonamides is 1. The van der Waals surface area contributed by atoms with Gasteiger partial charge in [0.05, 0.1) is 18.0 Å². The molecular weight excluding hydrogens is 392 g/mol. The highest BCUT2D eigenvalue weighted by molar-refractivity contribution is 7.89. The second-order valence-electron chi connectivity index (χ2n) is 7.06. The first-order valence-corrected chi connectivity index (χ1v) is 11.0. The number of nitrogens with zero attached hydrogens (tertiary/aromatic N) is 2. The number of amidine groups is 1. The summed E-state index contributed by atoms with van der Waals surface area (Å²) in [5, 5.41) is 2.83. The van der Waals surface area contributed by atoms with Gasteiger partial charge in [0.1, 0.15) is 5.84 Å². The van der Waals surface area contributed by atoms with Crippen LogP contribution in [-0.4, -0.2) is 31.6 Å². The molecule has 0 fully saturated rings. The van der Waals surface area contributed by atoms with E-state index in [1.807, 2.05) is 31.2 Å². The Kier molecular flexibility index (Phi) is 4.89. The molecule has 0 spiro atoms. The summed E-state index contributed by atoms with van der Waals surface area (Å²) in [6, 6.07) is 17.6. The molecule has 6 heteroatoms. The molecule has 0 saturated heterocycles. The number of aryl methyl sites for hydroxylation is 2. The molecule has 0 atom stereocenters. The fourth-order valence-electron chi connectivity index (χ4n) is 3.65. The van der Waals surface area contributed by atoms with Crippen LogP contribution in [0.15, 0.2) is 64.5 Å². The van der Waals surface area contributed by atoms with Crippen LogP contribution in [0.1, 0.15) is 16.7 Å². The third-order valence-electron chi connectivity index (χ3n) is 5.14. The highest BCUT2D eigenvalue weighted by atomic mass is 35.5. The van der Waals surface area contributed by atoms with Gasteiger partial charge >= 0.3 is 0 Å². The SMILES string of the molecule is Cc1cc(S(=O)(=O)N2CCN=C2Cc2cccc3ccccc23)c(C)cc1Cl. The maximum atomic E-state index is 13.4. The van der Waals surface area contributed by atoms with Crippen molar-refractivity contribution >= 4 is 38.2 Å². The van der Waals surface area contributed by atoms with Crippen LogP contribution in [-0.2, 0) is 16.4 Å². The third-order valence-corrected chi connectivity index (χ3v) is 7.51. The van der Waals surface area contributed by atoms with Crippen LogP contribution in [0.5, 0.6) is 0 Å². The smallest absolute Gasteiger partial charge is 0.265 e. The zero-order valence-electron chi connectivity index (χ0n) is 15.8. The van der Waals surface area contributed by atoms with Gasteiger partial charge in [0.15, 0.2) is 0 Å². The van der Waals surface area contributed by atoms with E-state index in [9.17, 15) is 8.42 Å². The first-order chi connectivity index (χ1) is 13.4. The van der Waals surface area contributed by atoms with Gasteiger partial charge < -0.3 is 0 Å². The Labute approximate surface area is 170 Å². The predicted molar refractivity (Wildman–Crippen MR) is 115 cm³/mol. The van der Waals surface area contributed by atoms with Crippen molar-refractivity contribution in [3.05, 3.63) is 76.3 Å². The number of hydrogen-bond donors (Lipinski definition) is 0. The summed E-state index contributed by atoms with van der Waals surface area (Å²) >= 11 is 6.16. The van der Waals surface area contributed by atoms with Crippen LogP contribution in [0.4, 0.5) is 0 Å². The van der Waals surface area contributed by atoms with Gasteiger partial charge in [0.25, 0.3) is 10.0 Å². The van der Waals surface area contributed by atoms with Gasteiger partial charge in [0.2, 0.25) is 0 Å². The number of benzene rings is 3. The molecule has 4 rings (SSSR count). The first kappa shape index (κ1) is 19.0. The average Bonchev–Trinajstić information content (AvgIpc) is 3.14. The van der Waals surface area contributed by atoms with Crippen LogP contribution in [0.2, 0.25) is 5.02 Å². The van der Waals surface area contributed by atoms with E-state index in [0.717, 1.165) is 21.9 Å². The van der Waals surface area contributed by atoms with Crippen LogP contribution in [0, 0.1) is 13.8 Å². The van der Waals surface area contributed by atoms with Crippen molar-refractivity contribution in [3.8, 4) is 0 Å². The highest BCUT2D eigenvalue weighted by Gasteiger charge is 2.32. The maximum absolute atomic E-state index is 13.4. The van der Waals surface area contributed by atoms with Gasteiger partial charge in [-0.3, -0.25) is 9.30 Å².